The van der Waals surface area contributed by atoms with E-state index < -0.39 is 0 Å². The van der Waals surface area contributed by atoms with Gasteiger partial charge in [-0.2, -0.15) is 0 Å². The van der Waals surface area contributed by atoms with Gasteiger partial charge in [-0.15, -0.1) is 0 Å². The molecule has 0 saturated carbocycles. The Hall–Kier alpha value is -0.0969. The van der Waals surface area contributed by atoms with Crippen molar-refractivity contribution in [2.24, 2.45) is 0 Å². The summed E-state index contributed by atoms with van der Waals surface area (Å²) in [5.41, 5.74) is 0. The van der Waals surface area contributed by atoms with Crippen molar-refractivity contribution < 1.29 is 4.74 Å². The summed E-state index contributed by atoms with van der Waals surface area (Å²) in [5, 5.41) is 0. The number of benzene rings is 1. The van der Waals surface area contributed by atoms with Gasteiger partial charge in [0.1, 0.15) is 0 Å². The van der Waals surface area contributed by atoms with Crippen LogP contribution in [-0.2, 0) is 0 Å². The Morgan fingerprint density at radius 3 is 2.67 bits per heavy atom. The van der Waals surface area contributed by atoms with Gasteiger partial charge in [0.2, 0.25) is 0 Å². The van der Waals surface area contributed by atoms with E-state index in [1.807, 2.05) is 18.2 Å². The van der Waals surface area contributed by atoms with Crippen LogP contribution in [0.15, 0.2) is 24.3 Å². The van der Waals surface area contributed by atoms with Gasteiger partial charge in [0.25, 0.3) is 0 Å². The topological polar surface area (TPSA) is 9.23 Å². The summed E-state index contributed by atoms with van der Waals surface area (Å²) in [6.45, 7) is 0. The first-order valence-corrected chi connectivity index (χ1v) is 4.40. The average Bonchev–Trinajstić information content (AvgIpc) is 1.88. The van der Waals surface area contributed by atoms with Crippen LogP contribution in [0.5, 0.6) is 5.75 Å². The molecule has 2 radical (unpaired) electrons. The average molecular weight is 316 g/mol. The first-order chi connectivity index (χ1) is 4.33. The van der Waals surface area contributed by atoms with Crippen molar-refractivity contribution >= 4 is 28.0 Å². The molecular formula is C7H7BiO. The van der Waals surface area contributed by atoms with Crippen LogP contribution in [0.2, 0.25) is 0 Å². The normalized spacial score (nSPS) is 9.11. The number of ether oxygens (including phenoxy) is 1. The molecule has 0 fully saturated rings. The fourth-order valence-corrected chi connectivity index (χ4v) is 1.44. The summed E-state index contributed by atoms with van der Waals surface area (Å²) in [6.07, 6.45) is 0. The maximum atomic E-state index is 5.01. The van der Waals surface area contributed by atoms with E-state index in [1.54, 1.807) is 7.11 Å². The van der Waals surface area contributed by atoms with Crippen LogP contribution in [0, 0.1) is 0 Å². The van der Waals surface area contributed by atoms with E-state index in [4.69, 9.17) is 4.74 Å². The Bertz CT molecular complexity index is 198. The molecule has 2 heteroatoms. The SMILES string of the molecule is COc1ccc[c]([Bi])c1. The Balaban J connectivity index is 2.94. The van der Waals surface area contributed by atoms with Gasteiger partial charge in [-0.25, -0.2) is 0 Å². The van der Waals surface area contributed by atoms with Crippen molar-refractivity contribution in [2.75, 3.05) is 7.11 Å². The molecule has 0 bridgehead atoms. The first-order valence-electron chi connectivity index (χ1n) is 2.66. The van der Waals surface area contributed by atoms with E-state index in [2.05, 4.69) is 6.07 Å². The Labute approximate surface area is 69.9 Å². The van der Waals surface area contributed by atoms with Gasteiger partial charge in [-0.1, -0.05) is 0 Å². The predicted octanol–water partition coefficient (Wildman–Crippen LogP) is 0.489. The number of methoxy groups -OCH3 is 1. The van der Waals surface area contributed by atoms with Gasteiger partial charge >= 0.3 is 69.9 Å². The molecule has 0 aliphatic rings. The second kappa shape index (κ2) is 3.17. The molecule has 0 aromatic heterocycles. The molecule has 0 spiro atoms. The summed E-state index contributed by atoms with van der Waals surface area (Å²) in [6, 6.07) is 8.11. The van der Waals surface area contributed by atoms with Crippen molar-refractivity contribution in [2.45, 2.75) is 0 Å². The molecule has 1 aromatic carbocycles. The second-order valence-electron chi connectivity index (χ2n) is 1.70. The molecule has 0 aliphatic heterocycles. The molecule has 0 aliphatic carbocycles. The van der Waals surface area contributed by atoms with Crippen LogP contribution in [0.4, 0.5) is 0 Å². The second-order valence-corrected chi connectivity index (χ2v) is 3.71. The summed E-state index contributed by atoms with van der Waals surface area (Å²) >= 11 is 1.29. The monoisotopic (exact) mass is 316 g/mol. The molecule has 0 heterocycles. The minimum atomic E-state index is 0.954. The molecule has 9 heavy (non-hydrogen) atoms. The summed E-state index contributed by atoms with van der Waals surface area (Å²) in [7, 11) is 1.69. The predicted molar refractivity (Wildman–Crippen MR) is 38.4 cm³/mol. The molecule has 0 N–H and O–H groups in total. The zero-order valence-corrected chi connectivity index (χ0v) is 8.64. The van der Waals surface area contributed by atoms with E-state index in [0.29, 0.717) is 0 Å². The summed E-state index contributed by atoms with van der Waals surface area (Å²) in [5.74, 6) is 0.954. The number of rotatable bonds is 1. The van der Waals surface area contributed by atoms with Gasteiger partial charge in [0.05, 0.1) is 0 Å². The fourth-order valence-electron chi connectivity index (χ4n) is 0.610. The molecule has 46 valence electrons. The molecule has 1 nitrogen and oxygen atoms in total. The van der Waals surface area contributed by atoms with Gasteiger partial charge in [-0.3, -0.25) is 0 Å². The van der Waals surface area contributed by atoms with E-state index in [1.165, 1.54) is 28.0 Å². The van der Waals surface area contributed by atoms with Crippen LogP contribution in [0.1, 0.15) is 0 Å². The van der Waals surface area contributed by atoms with Crippen LogP contribution in [0.25, 0.3) is 0 Å². The van der Waals surface area contributed by atoms with Crippen molar-refractivity contribution in [3.63, 3.8) is 0 Å². The summed E-state index contributed by atoms with van der Waals surface area (Å²) < 4.78 is 6.35. The standard InChI is InChI=1S/C7H7O.Bi/c1-8-7-5-3-2-4-6-7;/h2-3,5-6H,1H3;. The van der Waals surface area contributed by atoms with E-state index in [0.717, 1.165) is 5.75 Å². The molecule has 1 rings (SSSR count). The number of hydrogen-bond acceptors (Lipinski definition) is 1. The van der Waals surface area contributed by atoms with Crippen LogP contribution < -0.4 is 8.01 Å². The van der Waals surface area contributed by atoms with Crippen molar-refractivity contribution in [1.82, 2.24) is 0 Å². The Morgan fingerprint density at radius 2 is 2.22 bits per heavy atom. The van der Waals surface area contributed by atoms with Gasteiger partial charge in [0, 0.05) is 0 Å². The van der Waals surface area contributed by atoms with Crippen LogP contribution in [-0.4, -0.2) is 31.8 Å². The zero-order valence-electron chi connectivity index (χ0n) is 5.16. The third kappa shape index (κ3) is 1.94. The van der Waals surface area contributed by atoms with E-state index in [9.17, 15) is 0 Å². The Morgan fingerprint density at radius 1 is 1.44 bits per heavy atom. The zero-order chi connectivity index (χ0) is 6.69. The van der Waals surface area contributed by atoms with Crippen LogP contribution in [0.3, 0.4) is 0 Å². The van der Waals surface area contributed by atoms with Gasteiger partial charge in [0.15, 0.2) is 0 Å². The first kappa shape index (κ1) is 7.02. The van der Waals surface area contributed by atoms with Crippen molar-refractivity contribution in [1.29, 1.82) is 0 Å². The molecule has 1 aromatic rings. The van der Waals surface area contributed by atoms with Crippen molar-refractivity contribution in [3.05, 3.63) is 24.3 Å². The molecular weight excluding hydrogens is 309 g/mol. The van der Waals surface area contributed by atoms with Gasteiger partial charge < -0.3 is 0 Å². The third-order valence-corrected chi connectivity index (χ3v) is 2.13. The van der Waals surface area contributed by atoms with Crippen molar-refractivity contribution in [3.8, 4) is 5.75 Å². The van der Waals surface area contributed by atoms with E-state index >= 15 is 0 Å². The molecule has 0 unspecified atom stereocenters. The van der Waals surface area contributed by atoms with Crippen LogP contribution >= 0.6 is 0 Å². The molecule has 0 atom stereocenters. The quantitative estimate of drug-likeness (QED) is 0.685. The molecule has 0 amide bonds. The van der Waals surface area contributed by atoms with Gasteiger partial charge in [-0.05, 0) is 0 Å². The summed E-state index contributed by atoms with van der Waals surface area (Å²) in [4.78, 5) is 0. The minimum absolute atomic E-state index is 0.954. The number of hydrogen-bond donors (Lipinski definition) is 0. The maximum absolute atomic E-state index is 5.01. The fraction of sp³-hybridized carbons (Fsp3) is 0.143. The Kier molecular flexibility index (Phi) is 2.47. The third-order valence-electron chi connectivity index (χ3n) is 1.05. The molecule has 0 saturated heterocycles. The van der Waals surface area contributed by atoms with E-state index in [-0.39, 0.29) is 0 Å².